The van der Waals surface area contributed by atoms with Crippen LogP contribution in [0.15, 0.2) is 11.6 Å². The summed E-state index contributed by atoms with van der Waals surface area (Å²) in [6, 6.07) is 0. The predicted molar refractivity (Wildman–Crippen MR) is 64.2 cm³/mol. The van der Waals surface area contributed by atoms with Crippen LogP contribution in [0.1, 0.15) is 26.7 Å². The van der Waals surface area contributed by atoms with Gasteiger partial charge in [-0.2, -0.15) is 0 Å². The van der Waals surface area contributed by atoms with Crippen LogP contribution in [-0.2, 0) is 0 Å². The minimum atomic E-state index is -0.595. The summed E-state index contributed by atoms with van der Waals surface area (Å²) in [5.74, 6) is 0. The molecule has 0 saturated carbocycles. The van der Waals surface area contributed by atoms with Crippen LogP contribution >= 0.6 is 47.8 Å². The van der Waals surface area contributed by atoms with Gasteiger partial charge >= 0.3 is 0 Å². The molecule has 0 spiro atoms. The first-order valence-electron chi connectivity index (χ1n) is 3.80. The van der Waals surface area contributed by atoms with Gasteiger partial charge in [0.25, 0.3) is 0 Å². The highest BCUT2D eigenvalue weighted by Gasteiger charge is 2.26. The maximum absolute atomic E-state index is 9.57. The number of rotatable bonds is 3. The molecule has 1 nitrogen and oxygen atoms in total. The molecule has 0 fully saturated rings. The Balaban J connectivity index is 4.14. The van der Waals surface area contributed by atoms with E-state index in [1.807, 2.05) is 13.0 Å². The first-order chi connectivity index (χ1) is 5.38. The van der Waals surface area contributed by atoms with Gasteiger partial charge in [-0.25, -0.2) is 0 Å². The standard InChI is InChI=1S/C8H13Br3O/c1-3-4-6(2)5-7(12)8(9,10)11/h5,7,12H,3-4H2,1-2H3. The lowest BCUT2D eigenvalue weighted by Gasteiger charge is -2.17. The molecule has 12 heavy (non-hydrogen) atoms. The van der Waals surface area contributed by atoms with E-state index in [0.717, 1.165) is 12.8 Å². The van der Waals surface area contributed by atoms with Gasteiger partial charge in [-0.3, -0.25) is 0 Å². The Morgan fingerprint density at radius 3 is 2.33 bits per heavy atom. The van der Waals surface area contributed by atoms with Gasteiger partial charge in [0.15, 0.2) is 2.14 Å². The normalized spacial score (nSPS) is 16.3. The maximum atomic E-state index is 9.57. The van der Waals surface area contributed by atoms with E-state index >= 15 is 0 Å². The van der Waals surface area contributed by atoms with E-state index in [0.29, 0.717) is 0 Å². The Labute approximate surface area is 99.0 Å². The predicted octanol–water partition coefficient (Wildman–Crippen LogP) is 3.93. The molecule has 0 amide bonds. The minimum absolute atomic E-state index is 0.566. The van der Waals surface area contributed by atoms with Gasteiger partial charge < -0.3 is 5.11 Å². The van der Waals surface area contributed by atoms with Crippen molar-refractivity contribution < 1.29 is 5.11 Å². The summed E-state index contributed by atoms with van der Waals surface area (Å²) < 4.78 is -0.595. The molecule has 0 aromatic rings. The summed E-state index contributed by atoms with van der Waals surface area (Å²) in [4.78, 5) is 0. The van der Waals surface area contributed by atoms with Crippen LogP contribution in [0.4, 0.5) is 0 Å². The van der Waals surface area contributed by atoms with E-state index in [-0.39, 0.29) is 0 Å². The summed E-state index contributed by atoms with van der Waals surface area (Å²) in [7, 11) is 0. The fraction of sp³-hybridized carbons (Fsp3) is 0.750. The number of aliphatic hydroxyl groups is 1. The Kier molecular flexibility index (Phi) is 6.33. The molecule has 0 aliphatic rings. The highest BCUT2D eigenvalue weighted by atomic mass is 80.0. The zero-order valence-corrected chi connectivity index (χ0v) is 11.9. The SMILES string of the molecule is CCCC(C)=CC(O)C(Br)(Br)Br. The molecule has 72 valence electrons. The molecule has 0 heterocycles. The molecule has 1 unspecified atom stereocenters. The monoisotopic (exact) mass is 362 g/mol. The molecule has 4 heteroatoms. The molecule has 0 rings (SSSR count). The van der Waals surface area contributed by atoms with Crippen molar-refractivity contribution in [1.82, 2.24) is 0 Å². The lowest BCUT2D eigenvalue weighted by molar-refractivity contribution is 0.237. The Bertz CT molecular complexity index is 160. The van der Waals surface area contributed by atoms with Crippen LogP contribution in [0.5, 0.6) is 0 Å². The van der Waals surface area contributed by atoms with Gasteiger partial charge in [0.2, 0.25) is 0 Å². The van der Waals surface area contributed by atoms with Crippen LogP contribution in [0.2, 0.25) is 0 Å². The molecule has 0 aromatic heterocycles. The third kappa shape index (κ3) is 5.73. The van der Waals surface area contributed by atoms with E-state index in [4.69, 9.17) is 0 Å². The fourth-order valence-corrected chi connectivity index (χ4v) is 1.24. The average Bonchev–Trinajstić information content (AvgIpc) is 1.85. The highest BCUT2D eigenvalue weighted by molar-refractivity contribution is 9.39. The van der Waals surface area contributed by atoms with Crippen LogP contribution in [0, 0.1) is 0 Å². The quantitative estimate of drug-likeness (QED) is 0.594. The topological polar surface area (TPSA) is 20.2 Å². The Morgan fingerprint density at radius 1 is 1.50 bits per heavy atom. The van der Waals surface area contributed by atoms with Gasteiger partial charge in [0, 0.05) is 0 Å². The second-order valence-corrected chi connectivity index (χ2v) is 9.69. The second-order valence-electron chi connectivity index (χ2n) is 2.75. The number of hydrogen-bond acceptors (Lipinski definition) is 1. The van der Waals surface area contributed by atoms with E-state index in [1.54, 1.807) is 0 Å². The van der Waals surface area contributed by atoms with Gasteiger partial charge in [0.05, 0.1) is 0 Å². The summed E-state index contributed by atoms with van der Waals surface area (Å²) in [5, 5.41) is 9.57. The highest BCUT2D eigenvalue weighted by Crippen LogP contribution is 2.38. The van der Waals surface area contributed by atoms with Crippen LogP contribution < -0.4 is 0 Å². The lowest BCUT2D eigenvalue weighted by Crippen LogP contribution is -2.21. The molecule has 0 aliphatic carbocycles. The minimum Gasteiger partial charge on any atom is -0.386 e. The molecule has 0 aliphatic heterocycles. The van der Waals surface area contributed by atoms with Crippen molar-refractivity contribution in [2.24, 2.45) is 0 Å². The van der Waals surface area contributed by atoms with E-state index < -0.39 is 8.25 Å². The summed E-state index contributed by atoms with van der Waals surface area (Å²) >= 11 is 9.79. The van der Waals surface area contributed by atoms with Gasteiger partial charge in [-0.05, 0) is 13.3 Å². The fourth-order valence-electron chi connectivity index (χ4n) is 0.842. The Morgan fingerprint density at radius 2 is 2.00 bits per heavy atom. The van der Waals surface area contributed by atoms with Crippen LogP contribution in [-0.4, -0.2) is 13.4 Å². The average molecular weight is 365 g/mol. The largest absolute Gasteiger partial charge is 0.386 e. The first-order valence-corrected chi connectivity index (χ1v) is 6.18. The summed E-state index contributed by atoms with van der Waals surface area (Å²) in [6.07, 6.45) is 3.40. The van der Waals surface area contributed by atoms with Gasteiger partial charge in [-0.1, -0.05) is 72.8 Å². The maximum Gasteiger partial charge on any atom is 0.164 e. The number of halogens is 3. The molecular formula is C8H13Br3O. The first kappa shape index (κ1) is 13.1. The molecule has 0 radical (unpaired) electrons. The summed E-state index contributed by atoms with van der Waals surface area (Å²) in [5.41, 5.74) is 1.20. The van der Waals surface area contributed by atoms with Crippen molar-refractivity contribution in [2.45, 2.75) is 34.9 Å². The van der Waals surface area contributed by atoms with Crippen LogP contribution in [0.3, 0.4) is 0 Å². The summed E-state index contributed by atoms with van der Waals surface area (Å²) in [6.45, 7) is 4.14. The molecule has 0 aromatic carbocycles. The van der Waals surface area contributed by atoms with Crippen molar-refractivity contribution in [2.75, 3.05) is 0 Å². The van der Waals surface area contributed by atoms with Crippen molar-refractivity contribution in [3.05, 3.63) is 11.6 Å². The smallest absolute Gasteiger partial charge is 0.164 e. The van der Waals surface area contributed by atoms with Crippen molar-refractivity contribution in [3.8, 4) is 0 Å². The molecule has 0 saturated heterocycles. The van der Waals surface area contributed by atoms with E-state index in [2.05, 4.69) is 54.7 Å². The number of alkyl halides is 3. The Hall–Kier alpha value is 1.14. The van der Waals surface area contributed by atoms with Crippen molar-refractivity contribution in [1.29, 1.82) is 0 Å². The van der Waals surface area contributed by atoms with E-state index in [9.17, 15) is 5.11 Å². The molecule has 1 N–H and O–H groups in total. The van der Waals surface area contributed by atoms with Crippen molar-refractivity contribution >= 4 is 47.8 Å². The molecular weight excluding hydrogens is 352 g/mol. The third-order valence-electron chi connectivity index (χ3n) is 1.42. The van der Waals surface area contributed by atoms with Gasteiger partial charge in [0.1, 0.15) is 6.10 Å². The number of aliphatic hydroxyl groups excluding tert-OH is 1. The third-order valence-corrected chi connectivity index (χ3v) is 2.83. The molecule has 0 bridgehead atoms. The number of hydrogen-bond donors (Lipinski definition) is 1. The van der Waals surface area contributed by atoms with Gasteiger partial charge in [-0.15, -0.1) is 0 Å². The second kappa shape index (κ2) is 5.78. The van der Waals surface area contributed by atoms with Crippen molar-refractivity contribution in [3.63, 3.8) is 0 Å². The number of allylic oxidation sites excluding steroid dienone is 1. The lowest BCUT2D eigenvalue weighted by atomic mass is 10.1. The molecule has 1 atom stereocenters. The van der Waals surface area contributed by atoms with Crippen LogP contribution in [0.25, 0.3) is 0 Å². The zero-order chi connectivity index (χ0) is 9.78. The zero-order valence-electron chi connectivity index (χ0n) is 7.15. The van der Waals surface area contributed by atoms with E-state index in [1.165, 1.54) is 5.57 Å².